The van der Waals surface area contributed by atoms with Crippen LogP contribution in [0.2, 0.25) is 0 Å². The Morgan fingerprint density at radius 3 is 2.68 bits per heavy atom. The molecule has 0 radical (unpaired) electrons. The maximum absolute atomic E-state index is 12.5. The topological polar surface area (TPSA) is 86.0 Å². The van der Waals surface area contributed by atoms with Crippen LogP contribution in [0.25, 0.3) is 0 Å². The Morgan fingerprint density at radius 2 is 1.94 bits per heavy atom. The van der Waals surface area contributed by atoms with E-state index < -0.39 is 5.97 Å². The molecule has 2 aromatic carbocycles. The first-order chi connectivity index (χ1) is 16.6. The monoisotopic (exact) mass is 465 g/mol. The summed E-state index contributed by atoms with van der Waals surface area (Å²) < 4.78 is 18.5. The van der Waals surface area contributed by atoms with Gasteiger partial charge in [0.25, 0.3) is 0 Å². The van der Waals surface area contributed by atoms with Crippen LogP contribution in [-0.2, 0) is 37.4 Å². The van der Waals surface area contributed by atoms with Gasteiger partial charge in [-0.25, -0.2) is 4.79 Å². The van der Waals surface area contributed by atoms with Crippen LogP contribution in [0, 0.1) is 0 Å². The normalized spacial score (nSPS) is 13.4. The number of aromatic nitrogens is 2. The minimum atomic E-state index is -0.418. The molecule has 4 rings (SSSR count). The maximum Gasteiger partial charge on any atom is 0.359 e. The highest BCUT2D eigenvalue weighted by atomic mass is 16.5. The predicted octanol–water partition coefficient (Wildman–Crippen LogP) is 3.20. The summed E-state index contributed by atoms with van der Waals surface area (Å²) in [6.45, 7) is 4.99. The van der Waals surface area contributed by atoms with Crippen molar-refractivity contribution in [1.82, 2.24) is 14.7 Å². The van der Waals surface area contributed by atoms with Gasteiger partial charge in [0.05, 0.1) is 26.9 Å². The molecule has 0 spiro atoms. The number of aliphatic hydroxyl groups is 1. The summed E-state index contributed by atoms with van der Waals surface area (Å²) in [6, 6.07) is 16.0. The summed E-state index contributed by atoms with van der Waals surface area (Å²) in [6.07, 6.45) is 0.747. The van der Waals surface area contributed by atoms with Crippen molar-refractivity contribution >= 4 is 5.97 Å². The Hall–Kier alpha value is -3.36. The average molecular weight is 466 g/mol. The van der Waals surface area contributed by atoms with E-state index in [2.05, 4.69) is 10.00 Å². The number of rotatable bonds is 10. The average Bonchev–Trinajstić information content (AvgIpc) is 3.22. The summed E-state index contributed by atoms with van der Waals surface area (Å²) in [5.41, 5.74) is 4.41. The zero-order chi connectivity index (χ0) is 23.9. The first kappa shape index (κ1) is 23.8. The number of aliphatic hydroxyl groups excluding tert-OH is 1. The summed E-state index contributed by atoms with van der Waals surface area (Å²) >= 11 is 0. The van der Waals surface area contributed by atoms with Gasteiger partial charge in [-0.1, -0.05) is 36.4 Å². The number of carbonyl (C=O) groups is 1. The van der Waals surface area contributed by atoms with Gasteiger partial charge in [0.2, 0.25) is 0 Å². The van der Waals surface area contributed by atoms with Crippen LogP contribution in [0.3, 0.4) is 0 Å². The second kappa shape index (κ2) is 11.2. The van der Waals surface area contributed by atoms with Gasteiger partial charge in [-0.05, 0) is 30.2 Å². The number of hydrogen-bond acceptors (Lipinski definition) is 7. The highest BCUT2D eigenvalue weighted by molar-refractivity contribution is 5.89. The van der Waals surface area contributed by atoms with Crippen molar-refractivity contribution in [2.75, 3.05) is 26.9 Å². The molecule has 34 heavy (non-hydrogen) atoms. The fourth-order valence-corrected chi connectivity index (χ4v) is 4.25. The Balaban J connectivity index is 1.47. The zero-order valence-electron chi connectivity index (χ0n) is 19.7. The minimum Gasteiger partial charge on any atom is -0.493 e. The molecule has 0 atom stereocenters. The lowest BCUT2D eigenvalue weighted by Crippen LogP contribution is -2.31. The molecule has 3 aromatic rings. The SMILES string of the molecule is CCOC(=O)c1nn(CCO)c2c1CN(Cc1ccc(OCc3ccccc3)c(OC)c1)CC2. The standard InChI is InChI=1S/C26H31N3O5/c1-3-33-26(31)25-21-17-28(12-11-22(21)29(27-25)13-14-30)16-20-9-10-23(24(15-20)32-2)34-18-19-7-5-4-6-8-19/h4-10,15,30H,3,11-14,16-18H2,1-2H3. The van der Waals surface area contributed by atoms with E-state index >= 15 is 0 Å². The van der Waals surface area contributed by atoms with Crippen LogP contribution in [0.4, 0.5) is 0 Å². The Bertz CT molecular complexity index is 1110. The fraction of sp³-hybridized carbons (Fsp3) is 0.385. The van der Waals surface area contributed by atoms with E-state index in [4.69, 9.17) is 14.2 Å². The van der Waals surface area contributed by atoms with E-state index in [0.717, 1.165) is 35.3 Å². The van der Waals surface area contributed by atoms with Gasteiger partial charge in [0.15, 0.2) is 17.2 Å². The quantitative estimate of drug-likeness (QED) is 0.460. The van der Waals surface area contributed by atoms with Crippen LogP contribution in [0.5, 0.6) is 11.5 Å². The van der Waals surface area contributed by atoms with Gasteiger partial charge in [-0.2, -0.15) is 5.10 Å². The molecular weight excluding hydrogens is 434 g/mol. The van der Waals surface area contributed by atoms with Crippen molar-refractivity contribution in [1.29, 1.82) is 0 Å². The van der Waals surface area contributed by atoms with E-state index in [1.165, 1.54) is 0 Å². The molecule has 2 heterocycles. The van der Waals surface area contributed by atoms with Gasteiger partial charge >= 0.3 is 5.97 Å². The lowest BCUT2D eigenvalue weighted by Gasteiger charge is -2.28. The molecule has 8 nitrogen and oxygen atoms in total. The van der Waals surface area contributed by atoms with E-state index in [1.54, 1.807) is 18.7 Å². The first-order valence-corrected chi connectivity index (χ1v) is 11.6. The van der Waals surface area contributed by atoms with Crippen molar-refractivity contribution < 1.29 is 24.1 Å². The molecule has 0 unspecified atom stereocenters. The van der Waals surface area contributed by atoms with E-state index in [9.17, 15) is 9.90 Å². The van der Waals surface area contributed by atoms with Crippen LogP contribution >= 0.6 is 0 Å². The number of ether oxygens (including phenoxy) is 3. The number of fused-ring (bicyclic) bond motifs is 1. The molecular formula is C26H31N3O5. The fourth-order valence-electron chi connectivity index (χ4n) is 4.25. The molecule has 1 N–H and O–H groups in total. The Kier molecular flexibility index (Phi) is 7.82. The van der Waals surface area contributed by atoms with Crippen molar-refractivity contribution in [2.24, 2.45) is 0 Å². The van der Waals surface area contributed by atoms with Crippen LogP contribution in [0.1, 0.15) is 39.8 Å². The van der Waals surface area contributed by atoms with Crippen molar-refractivity contribution in [3.63, 3.8) is 0 Å². The second-order valence-corrected chi connectivity index (χ2v) is 8.16. The van der Waals surface area contributed by atoms with Crippen molar-refractivity contribution in [2.45, 2.75) is 39.6 Å². The predicted molar refractivity (Wildman–Crippen MR) is 127 cm³/mol. The third-order valence-electron chi connectivity index (χ3n) is 5.86. The smallest absolute Gasteiger partial charge is 0.359 e. The number of carbonyl (C=O) groups excluding carboxylic acids is 1. The van der Waals surface area contributed by atoms with Crippen LogP contribution in [-0.4, -0.2) is 52.6 Å². The summed E-state index contributed by atoms with van der Waals surface area (Å²) in [5, 5.41) is 13.8. The van der Waals surface area contributed by atoms with Gasteiger partial charge < -0.3 is 19.3 Å². The van der Waals surface area contributed by atoms with Gasteiger partial charge in [-0.3, -0.25) is 9.58 Å². The van der Waals surface area contributed by atoms with E-state index in [-0.39, 0.29) is 6.61 Å². The van der Waals surface area contributed by atoms with Crippen molar-refractivity contribution in [3.8, 4) is 11.5 Å². The summed E-state index contributed by atoms with van der Waals surface area (Å²) in [5.74, 6) is 0.971. The lowest BCUT2D eigenvalue weighted by molar-refractivity contribution is 0.0515. The number of methoxy groups -OCH3 is 1. The van der Waals surface area contributed by atoms with Crippen LogP contribution < -0.4 is 9.47 Å². The number of esters is 1. The Labute approximate surface area is 199 Å². The molecule has 0 amide bonds. The largest absolute Gasteiger partial charge is 0.493 e. The molecule has 0 fully saturated rings. The lowest BCUT2D eigenvalue weighted by atomic mass is 10.0. The number of benzene rings is 2. The molecule has 180 valence electrons. The van der Waals surface area contributed by atoms with E-state index in [0.29, 0.717) is 50.0 Å². The summed E-state index contributed by atoms with van der Waals surface area (Å²) in [7, 11) is 1.64. The molecule has 0 bridgehead atoms. The maximum atomic E-state index is 12.5. The van der Waals surface area contributed by atoms with Gasteiger partial charge in [0, 0.05) is 37.3 Å². The third kappa shape index (κ3) is 5.40. The van der Waals surface area contributed by atoms with Gasteiger partial charge in [0.1, 0.15) is 6.61 Å². The third-order valence-corrected chi connectivity index (χ3v) is 5.86. The highest BCUT2D eigenvalue weighted by Crippen LogP contribution is 2.31. The number of hydrogen-bond donors (Lipinski definition) is 1. The first-order valence-electron chi connectivity index (χ1n) is 11.6. The number of nitrogens with zero attached hydrogens (tertiary/aromatic N) is 3. The summed E-state index contributed by atoms with van der Waals surface area (Å²) in [4.78, 5) is 14.7. The van der Waals surface area contributed by atoms with Crippen molar-refractivity contribution in [3.05, 3.63) is 76.6 Å². The van der Waals surface area contributed by atoms with Crippen LogP contribution in [0.15, 0.2) is 48.5 Å². The van der Waals surface area contributed by atoms with E-state index in [1.807, 2.05) is 48.5 Å². The molecule has 8 heteroatoms. The van der Waals surface area contributed by atoms with Gasteiger partial charge in [-0.15, -0.1) is 0 Å². The molecule has 0 aliphatic carbocycles. The molecule has 1 aliphatic rings. The molecule has 0 saturated carbocycles. The molecule has 1 aliphatic heterocycles. The molecule has 0 saturated heterocycles. The zero-order valence-corrected chi connectivity index (χ0v) is 19.7. The Morgan fingerprint density at radius 1 is 1.12 bits per heavy atom. The minimum absolute atomic E-state index is 0.0292. The highest BCUT2D eigenvalue weighted by Gasteiger charge is 2.28. The second-order valence-electron chi connectivity index (χ2n) is 8.16. The molecule has 1 aromatic heterocycles.